The van der Waals surface area contributed by atoms with Crippen LogP contribution in [0.2, 0.25) is 5.02 Å². The van der Waals surface area contributed by atoms with Crippen LogP contribution < -0.4 is 20.7 Å². The van der Waals surface area contributed by atoms with Crippen molar-refractivity contribution < 1.29 is 28.3 Å². The summed E-state index contributed by atoms with van der Waals surface area (Å²) in [6.07, 6.45) is 6.14. The Balaban J connectivity index is 0.835. The Morgan fingerprint density at radius 1 is 1.04 bits per heavy atom. The molecule has 298 valence electrons. The molecule has 13 nitrogen and oxygen atoms in total. The molecule has 57 heavy (non-hydrogen) atoms. The third-order valence-electron chi connectivity index (χ3n) is 10.4. The van der Waals surface area contributed by atoms with Gasteiger partial charge in [-0.25, -0.2) is 14.4 Å². The number of unbranched alkanes of at least 4 members (excludes halogenated alkanes) is 1. The number of amides is 4. The van der Waals surface area contributed by atoms with Crippen LogP contribution in [0.3, 0.4) is 0 Å². The summed E-state index contributed by atoms with van der Waals surface area (Å²) in [5, 5.41) is 8.95. The molecule has 3 aromatic carbocycles. The molecule has 0 radical (unpaired) electrons. The van der Waals surface area contributed by atoms with E-state index in [0.717, 1.165) is 74.7 Å². The largest absolute Gasteiger partial charge is 0.491 e. The second kappa shape index (κ2) is 18.4. The number of hydrogen-bond donors (Lipinski definition) is 3. The molecular formula is C41H44ClFN8O5S. The molecule has 4 aromatic rings. The first kappa shape index (κ1) is 40.1. The summed E-state index contributed by atoms with van der Waals surface area (Å²) in [4.78, 5) is 65.9. The zero-order chi connectivity index (χ0) is 39.9. The second-order valence-electron chi connectivity index (χ2n) is 14.2. The van der Waals surface area contributed by atoms with Crippen LogP contribution >= 0.6 is 23.4 Å². The van der Waals surface area contributed by atoms with Crippen LogP contribution in [0.15, 0.2) is 72.4 Å². The zero-order valence-corrected chi connectivity index (χ0v) is 33.0. The Morgan fingerprint density at radius 3 is 2.58 bits per heavy atom. The monoisotopic (exact) mass is 814 g/mol. The molecule has 2 saturated heterocycles. The number of benzene rings is 3. The average molecular weight is 815 g/mol. The SMILES string of the molecule is C=CC(=O)Nc1cc2c(Nc3ccc(F)c(Cl)c3)ncnc2cc1OCCCN1CCN(CCCCSc2cccc3c2CN(C2CCC(=O)NC2=O)C3=O)CC1. The third-order valence-corrected chi connectivity index (χ3v) is 11.8. The lowest BCUT2D eigenvalue weighted by atomic mass is 10.0. The van der Waals surface area contributed by atoms with E-state index >= 15 is 0 Å². The van der Waals surface area contributed by atoms with Crippen molar-refractivity contribution in [2.24, 2.45) is 0 Å². The number of piperazine rings is 1. The maximum Gasteiger partial charge on any atom is 0.255 e. The molecule has 0 spiro atoms. The molecule has 7 rings (SSSR count). The van der Waals surface area contributed by atoms with E-state index in [2.05, 4.69) is 48.4 Å². The topological polar surface area (TPSA) is 149 Å². The highest BCUT2D eigenvalue weighted by Crippen LogP contribution is 2.36. The van der Waals surface area contributed by atoms with Crippen molar-refractivity contribution in [2.75, 3.05) is 62.3 Å². The number of ether oxygens (including phenoxy) is 1. The molecule has 2 fully saturated rings. The van der Waals surface area contributed by atoms with E-state index in [4.69, 9.17) is 16.3 Å². The van der Waals surface area contributed by atoms with Gasteiger partial charge in [0.1, 0.15) is 29.8 Å². The number of halogens is 2. The number of nitrogens with zero attached hydrogens (tertiary/aromatic N) is 5. The normalized spacial score (nSPS) is 17.4. The van der Waals surface area contributed by atoms with Crippen molar-refractivity contribution >= 4 is 75.1 Å². The van der Waals surface area contributed by atoms with E-state index < -0.39 is 17.8 Å². The molecule has 0 bridgehead atoms. The summed E-state index contributed by atoms with van der Waals surface area (Å²) in [5.74, 6) is 0.150. The smallest absolute Gasteiger partial charge is 0.255 e. The van der Waals surface area contributed by atoms with Crippen LogP contribution in [0, 0.1) is 5.82 Å². The fraction of sp³-hybridized carbons (Fsp3) is 0.366. The number of hydrogen-bond acceptors (Lipinski definition) is 11. The van der Waals surface area contributed by atoms with Crippen LogP contribution in [0.25, 0.3) is 10.9 Å². The van der Waals surface area contributed by atoms with Crippen molar-refractivity contribution in [3.63, 3.8) is 0 Å². The molecule has 3 aliphatic rings. The highest BCUT2D eigenvalue weighted by Gasteiger charge is 2.39. The maximum absolute atomic E-state index is 13.7. The molecule has 3 aliphatic heterocycles. The van der Waals surface area contributed by atoms with Crippen molar-refractivity contribution in [2.45, 2.75) is 49.6 Å². The first-order valence-corrected chi connectivity index (χ1v) is 20.4. The van der Waals surface area contributed by atoms with E-state index in [-0.39, 0.29) is 29.2 Å². The molecule has 0 saturated carbocycles. The number of rotatable bonds is 16. The van der Waals surface area contributed by atoms with E-state index in [1.807, 2.05) is 12.1 Å². The van der Waals surface area contributed by atoms with E-state index in [1.165, 1.54) is 24.5 Å². The van der Waals surface area contributed by atoms with Crippen molar-refractivity contribution in [3.8, 4) is 5.75 Å². The third kappa shape index (κ3) is 9.72. The van der Waals surface area contributed by atoms with Crippen molar-refractivity contribution in [1.82, 2.24) is 30.0 Å². The van der Waals surface area contributed by atoms with Crippen LogP contribution in [0.1, 0.15) is 48.0 Å². The van der Waals surface area contributed by atoms with Crippen LogP contribution in [0.5, 0.6) is 5.75 Å². The molecule has 1 atom stereocenters. The summed E-state index contributed by atoms with van der Waals surface area (Å²) in [6, 6.07) is 13.0. The van der Waals surface area contributed by atoms with Gasteiger partial charge in [-0.1, -0.05) is 24.2 Å². The number of fused-ring (bicyclic) bond motifs is 2. The highest BCUT2D eigenvalue weighted by molar-refractivity contribution is 7.99. The molecule has 0 aliphatic carbocycles. The van der Waals surface area contributed by atoms with Gasteiger partial charge in [-0.15, -0.1) is 11.8 Å². The first-order chi connectivity index (χ1) is 27.7. The lowest BCUT2D eigenvalue weighted by Gasteiger charge is -2.34. The summed E-state index contributed by atoms with van der Waals surface area (Å²) < 4.78 is 19.9. The quantitative estimate of drug-likeness (QED) is 0.0529. The van der Waals surface area contributed by atoms with Gasteiger partial charge in [0.25, 0.3) is 5.91 Å². The highest BCUT2D eigenvalue weighted by atomic mass is 35.5. The number of piperidine rings is 1. The molecule has 1 unspecified atom stereocenters. The van der Waals surface area contributed by atoms with Gasteiger partial charge >= 0.3 is 0 Å². The van der Waals surface area contributed by atoms with E-state index in [9.17, 15) is 23.6 Å². The minimum atomic E-state index is -0.608. The average Bonchev–Trinajstić information content (AvgIpc) is 3.54. The second-order valence-corrected chi connectivity index (χ2v) is 15.7. The minimum absolute atomic E-state index is 0.0191. The Morgan fingerprint density at radius 2 is 1.82 bits per heavy atom. The summed E-state index contributed by atoms with van der Waals surface area (Å²) in [7, 11) is 0. The standard InChI is InChI=1S/C41H44ClFN8O5S/c1-2-37(52)47-33-22-28-32(44-25-45-39(28)46-26-9-10-31(43)30(42)21-26)23-35(33)56-19-6-14-50-17-15-49(16-18-50)13-3-4-20-57-36-8-5-7-27-29(36)24-51(41(27)55)34-11-12-38(53)48-40(34)54/h2,5,7-10,21-23,25,34H,1,3-4,6,11-20,24H2,(H,47,52)(H,44,45,46)(H,48,53,54). The predicted molar refractivity (Wildman–Crippen MR) is 218 cm³/mol. The summed E-state index contributed by atoms with van der Waals surface area (Å²) >= 11 is 7.73. The van der Waals surface area contributed by atoms with Gasteiger partial charge in [-0.05, 0) is 86.0 Å². The zero-order valence-electron chi connectivity index (χ0n) is 31.4. The number of nitrogens with one attached hydrogen (secondary N) is 3. The van der Waals surface area contributed by atoms with E-state index in [1.54, 1.807) is 34.9 Å². The molecule has 1 aromatic heterocycles. The molecule has 16 heteroatoms. The Labute approximate surface area is 339 Å². The lowest BCUT2D eigenvalue weighted by Crippen LogP contribution is -2.52. The van der Waals surface area contributed by atoms with Gasteiger partial charge < -0.3 is 30.1 Å². The Hall–Kier alpha value is -5.09. The summed E-state index contributed by atoms with van der Waals surface area (Å²) in [5.41, 5.74) is 3.22. The fourth-order valence-corrected chi connectivity index (χ4v) is 8.59. The lowest BCUT2D eigenvalue weighted by molar-refractivity contribution is -0.137. The van der Waals surface area contributed by atoms with Gasteiger partial charge in [0.2, 0.25) is 17.7 Å². The van der Waals surface area contributed by atoms with Gasteiger partial charge in [0, 0.05) is 73.3 Å². The van der Waals surface area contributed by atoms with Gasteiger partial charge in [0.15, 0.2) is 0 Å². The number of carbonyl (C=O) groups is 4. The maximum atomic E-state index is 13.7. The summed E-state index contributed by atoms with van der Waals surface area (Å²) in [6.45, 7) is 10.3. The van der Waals surface area contributed by atoms with Gasteiger partial charge in [0.05, 0.1) is 22.8 Å². The number of thioether (sulfide) groups is 1. The minimum Gasteiger partial charge on any atom is -0.491 e. The van der Waals surface area contributed by atoms with Crippen molar-refractivity contribution in [1.29, 1.82) is 0 Å². The first-order valence-electron chi connectivity index (χ1n) is 19.1. The Kier molecular flexibility index (Phi) is 13.0. The molecule has 4 heterocycles. The van der Waals surface area contributed by atoms with Crippen molar-refractivity contribution in [3.05, 3.63) is 89.5 Å². The molecule has 4 amide bonds. The van der Waals surface area contributed by atoms with Crippen LogP contribution in [0.4, 0.5) is 21.6 Å². The number of anilines is 3. The van der Waals surface area contributed by atoms with Gasteiger partial charge in [-0.2, -0.15) is 0 Å². The molecule has 3 N–H and O–H groups in total. The number of carbonyl (C=O) groups excluding carboxylic acids is 4. The fourth-order valence-electron chi connectivity index (χ4n) is 7.31. The number of imide groups is 1. The van der Waals surface area contributed by atoms with Crippen LogP contribution in [-0.2, 0) is 20.9 Å². The predicted octanol–water partition coefficient (Wildman–Crippen LogP) is 6.01. The van der Waals surface area contributed by atoms with E-state index in [0.29, 0.717) is 59.0 Å². The molecular weight excluding hydrogens is 771 g/mol. The van der Waals surface area contributed by atoms with Gasteiger partial charge in [-0.3, -0.25) is 24.5 Å². The van der Waals surface area contributed by atoms with Crippen LogP contribution in [-0.4, -0.2) is 106 Å². The Bertz CT molecular complexity index is 2180. The number of aromatic nitrogens is 2.